The summed E-state index contributed by atoms with van der Waals surface area (Å²) in [6.45, 7) is 1.28. The molecule has 0 unspecified atom stereocenters. The first-order valence-corrected chi connectivity index (χ1v) is 11.0. The van der Waals surface area contributed by atoms with E-state index in [4.69, 9.17) is 15.0 Å². The molecule has 3 aromatic heterocycles. The monoisotopic (exact) mass is 532 g/mol. The Labute approximate surface area is 211 Å². The van der Waals surface area contributed by atoms with Gasteiger partial charge in [-0.05, 0) is 19.1 Å². The predicted molar refractivity (Wildman–Crippen MR) is 124 cm³/mol. The lowest BCUT2D eigenvalue weighted by molar-refractivity contribution is -0.170. The summed E-state index contributed by atoms with van der Waals surface area (Å²) in [7, 11) is 0. The van der Waals surface area contributed by atoms with Crippen molar-refractivity contribution in [3.05, 3.63) is 48.7 Å². The summed E-state index contributed by atoms with van der Waals surface area (Å²) in [6, 6.07) is 5.99. The average molecular weight is 532 g/mol. The van der Waals surface area contributed by atoms with Crippen LogP contribution < -0.4 is 16.0 Å². The molecule has 0 spiro atoms. The van der Waals surface area contributed by atoms with E-state index in [9.17, 15) is 27.9 Å². The van der Waals surface area contributed by atoms with Crippen molar-refractivity contribution >= 4 is 40.1 Å². The fourth-order valence-electron chi connectivity index (χ4n) is 3.88. The standard InChI is InChI=1S/C22H19F3N8O5/c1-21(16(34)18(35)29-11-2-3-13-14(8-11)38-31-17(13)26)20(36)32(6-7-37-21)15-4-5-33(30-15)12-9-27-19(28-10-12)22(23,24)25/h2-5,8-10,16,34H,6-7H2,1H3,(H2,26,31)(H,29,35)/t16-,21+/m0/s1. The minimum Gasteiger partial charge on any atom is -0.380 e. The molecule has 4 aromatic rings. The van der Waals surface area contributed by atoms with Crippen LogP contribution in [0.3, 0.4) is 0 Å². The van der Waals surface area contributed by atoms with Crippen molar-refractivity contribution < 1.29 is 37.1 Å². The lowest BCUT2D eigenvalue weighted by Crippen LogP contribution is -2.63. The number of hydrogen-bond acceptors (Lipinski definition) is 10. The number of halogens is 3. The highest BCUT2D eigenvalue weighted by Crippen LogP contribution is 2.29. The number of carbonyl (C=O) groups is 2. The van der Waals surface area contributed by atoms with Crippen molar-refractivity contribution in [2.24, 2.45) is 0 Å². The number of morpholine rings is 1. The summed E-state index contributed by atoms with van der Waals surface area (Å²) in [6.07, 6.45) is -3.33. The minimum absolute atomic E-state index is 0.0356. The zero-order valence-electron chi connectivity index (χ0n) is 19.5. The highest BCUT2D eigenvalue weighted by Gasteiger charge is 2.51. The zero-order valence-corrected chi connectivity index (χ0v) is 19.5. The van der Waals surface area contributed by atoms with Crippen LogP contribution in [0.5, 0.6) is 0 Å². The molecule has 1 aromatic carbocycles. The number of amides is 2. The van der Waals surface area contributed by atoms with E-state index < -0.39 is 35.5 Å². The Kier molecular flexibility index (Phi) is 5.99. The van der Waals surface area contributed by atoms with Gasteiger partial charge in [-0.25, -0.2) is 14.6 Å². The summed E-state index contributed by atoms with van der Waals surface area (Å²) in [5.74, 6) is -2.67. The van der Waals surface area contributed by atoms with Crippen LogP contribution in [-0.2, 0) is 20.5 Å². The zero-order chi connectivity index (χ0) is 27.2. The number of aromatic nitrogens is 5. The molecule has 5 rings (SSSR count). The molecule has 198 valence electrons. The third kappa shape index (κ3) is 4.39. The van der Waals surface area contributed by atoms with Gasteiger partial charge in [0, 0.05) is 24.0 Å². The summed E-state index contributed by atoms with van der Waals surface area (Å²) in [5, 5.41) is 21.7. The molecule has 0 bridgehead atoms. The topological polar surface area (TPSA) is 175 Å². The number of nitrogen functional groups attached to an aromatic ring is 1. The number of rotatable bonds is 5. The van der Waals surface area contributed by atoms with E-state index >= 15 is 0 Å². The van der Waals surface area contributed by atoms with Crippen LogP contribution in [0.1, 0.15) is 12.7 Å². The molecule has 13 nitrogen and oxygen atoms in total. The highest BCUT2D eigenvalue weighted by atomic mass is 19.4. The smallest absolute Gasteiger partial charge is 0.380 e. The SMILES string of the molecule is C[C@]1([C@@H](O)C(=O)Nc2ccc3c(N)noc3c2)OCCN(c2ccn(-c3cnc(C(F)(F)F)nc3)n2)C1=O. The van der Waals surface area contributed by atoms with Gasteiger partial charge in [0.2, 0.25) is 5.82 Å². The molecule has 16 heteroatoms. The highest BCUT2D eigenvalue weighted by molar-refractivity contribution is 6.06. The van der Waals surface area contributed by atoms with E-state index in [0.717, 1.165) is 12.4 Å². The lowest BCUT2D eigenvalue weighted by Gasteiger charge is -2.40. The first kappa shape index (κ1) is 25.1. The number of nitrogens with zero attached hydrogens (tertiary/aromatic N) is 6. The van der Waals surface area contributed by atoms with Crippen LogP contribution in [0, 0.1) is 0 Å². The van der Waals surface area contributed by atoms with Gasteiger partial charge in [0.15, 0.2) is 28.9 Å². The van der Waals surface area contributed by atoms with E-state index in [1.165, 1.54) is 40.9 Å². The Balaban J connectivity index is 1.32. The number of aliphatic hydroxyl groups is 1. The number of alkyl halides is 3. The Hall–Kier alpha value is -4.57. The number of nitrogens with one attached hydrogen (secondary N) is 1. The second kappa shape index (κ2) is 9.07. The maximum absolute atomic E-state index is 13.3. The Morgan fingerprint density at radius 3 is 2.71 bits per heavy atom. The summed E-state index contributed by atoms with van der Waals surface area (Å²) in [5.41, 5.74) is 4.41. The average Bonchev–Trinajstić information content (AvgIpc) is 3.52. The molecular formula is C22H19F3N8O5. The second-order valence-electron chi connectivity index (χ2n) is 8.46. The van der Waals surface area contributed by atoms with Crippen molar-refractivity contribution in [2.75, 3.05) is 29.1 Å². The molecule has 4 heterocycles. The van der Waals surface area contributed by atoms with Crippen molar-refractivity contribution in [1.82, 2.24) is 24.9 Å². The number of hydrogen-bond donors (Lipinski definition) is 3. The van der Waals surface area contributed by atoms with Gasteiger partial charge in [0.1, 0.15) is 5.69 Å². The summed E-state index contributed by atoms with van der Waals surface area (Å²) in [4.78, 5) is 34.0. The maximum atomic E-state index is 13.3. The number of nitrogens with two attached hydrogens (primary N) is 1. The molecule has 0 saturated carbocycles. The van der Waals surface area contributed by atoms with E-state index in [1.54, 1.807) is 6.07 Å². The molecule has 0 radical (unpaired) electrons. The molecule has 2 atom stereocenters. The van der Waals surface area contributed by atoms with Gasteiger partial charge in [0.25, 0.3) is 11.8 Å². The summed E-state index contributed by atoms with van der Waals surface area (Å²) >= 11 is 0. The van der Waals surface area contributed by atoms with Crippen molar-refractivity contribution in [3.8, 4) is 5.69 Å². The number of aliphatic hydroxyl groups excluding tert-OH is 1. The van der Waals surface area contributed by atoms with Crippen molar-refractivity contribution in [2.45, 2.75) is 24.8 Å². The van der Waals surface area contributed by atoms with Gasteiger partial charge < -0.3 is 25.4 Å². The van der Waals surface area contributed by atoms with E-state index in [1.807, 2.05) is 0 Å². The van der Waals surface area contributed by atoms with Crippen LogP contribution in [0.15, 0.2) is 47.4 Å². The van der Waals surface area contributed by atoms with Crippen molar-refractivity contribution in [3.63, 3.8) is 0 Å². The maximum Gasteiger partial charge on any atom is 0.451 e. The van der Waals surface area contributed by atoms with Gasteiger partial charge in [-0.1, -0.05) is 5.16 Å². The van der Waals surface area contributed by atoms with Crippen LogP contribution in [0.4, 0.5) is 30.5 Å². The van der Waals surface area contributed by atoms with Crippen molar-refractivity contribution in [1.29, 1.82) is 0 Å². The first-order chi connectivity index (χ1) is 18.0. The molecule has 2 amide bonds. The van der Waals surface area contributed by atoms with Gasteiger partial charge in [-0.2, -0.15) is 13.2 Å². The predicted octanol–water partition coefficient (Wildman–Crippen LogP) is 1.53. The van der Waals surface area contributed by atoms with Gasteiger partial charge >= 0.3 is 6.18 Å². The first-order valence-electron chi connectivity index (χ1n) is 11.0. The molecule has 0 aliphatic carbocycles. The fraction of sp³-hybridized carbons (Fsp3) is 0.273. The van der Waals surface area contributed by atoms with Crippen LogP contribution >= 0.6 is 0 Å². The van der Waals surface area contributed by atoms with E-state index in [-0.39, 0.29) is 36.2 Å². The van der Waals surface area contributed by atoms with Gasteiger partial charge in [-0.15, -0.1) is 5.10 Å². The molecule has 4 N–H and O–H groups in total. The number of ether oxygens (including phenoxy) is 1. The molecular weight excluding hydrogens is 513 g/mol. The molecule has 1 saturated heterocycles. The Morgan fingerprint density at radius 1 is 1.26 bits per heavy atom. The largest absolute Gasteiger partial charge is 0.451 e. The summed E-state index contributed by atoms with van der Waals surface area (Å²) < 4.78 is 50.0. The molecule has 1 aliphatic rings. The Bertz CT molecular complexity index is 1520. The number of anilines is 3. The second-order valence-corrected chi connectivity index (χ2v) is 8.46. The van der Waals surface area contributed by atoms with Crippen LogP contribution in [0.2, 0.25) is 0 Å². The molecule has 38 heavy (non-hydrogen) atoms. The Morgan fingerprint density at radius 2 is 2.00 bits per heavy atom. The van der Waals surface area contributed by atoms with Gasteiger partial charge in [-0.3, -0.25) is 14.5 Å². The fourth-order valence-corrected chi connectivity index (χ4v) is 3.88. The van der Waals surface area contributed by atoms with Crippen LogP contribution in [0.25, 0.3) is 16.7 Å². The minimum atomic E-state index is -4.69. The third-order valence-electron chi connectivity index (χ3n) is 5.93. The normalized spacial score (nSPS) is 19.1. The van der Waals surface area contributed by atoms with Crippen LogP contribution in [-0.4, -0.2) is 66.7 Å². The number of carbonyl (C=O) groups excluding carboxylic acids is 2. The van der Waals surface area contributed by atoms with E-state index in [2.05, 4.69) is 25.5 Å². The van der Waals surface area contributed by atoms with Gasteiger partial charge in [0.05, 0.1) is 30.9 Å². The number of fused-ring (bicyclic) bond motifs is 1. The quantitative estimate of drug-likeness (QED) is 0.342. The van der Waals surface area contributed by atoms with E-state index in [0.29, 0.717) is 11.0 Å². The molecule has 1 aliphatic heterocycles. The lowest BCUT2D eigenvalue weighted by atomic mass is 9.94. The molecule has 1 fully saturated rings. The number of benzene rings is 1. The third-order valence-corrected chi connectivity index (χ3v) is 5.93.